The van der Waals surface area contributed by atoms with Crippen LogP contribution in [0.15, 0.2) is 107 Å². The summed E-state index contributed by atoms with van der Waals surface area (Å²) in [5.74, 6) is -1.97. The second kappa shape index (κ2) is 15.0. The molecule has 5 aromatic rings. The molecule has 13 heteroatoms. The number of nitrogens with one attached hydrogen (secondary N) is 1. The Bertz CT molecular complexity index is 2110. The molecule has 50 heavy (non-hydrogen) atoms. The molecule has 2 unspecified atom stereocenters. The van der Waals surface area contributed by atoms with Gasteiger partial charge in [-0.05, 0) is 54.3 Å². The van der Waals surface area contributed by atoms with Gasteiger partial charge in [0.2, 0.25) is 5.91 Å². The van der Waals surface area contributed by atoms with Gasteiger partial charge in [0.15, 0.2) is 0 Å². The molecule has 0 spiro atoms. The number of hydrogen-bond acceptors (Lipinski definition) is 9. The second-order valence-corrected chi connectivity index (χ2v) is 15.8. The number of para-hydroxylation sites is 1. The summed E-state index contributed by atoms with van der Waals surface area (Å²) in [6.07, 6.45) is -0.0571. The number of fused-ring (bicyclic) bond motifs is 1. The Kier molecular flexibility index (Phi) is 10.5. The maximum Gasteiger partial charge on any atom is 0.270 e. The molecule has 3 atom stereocenters. The van der Waals surface area contributed by atoms with Crippen molar-refractivity contribution in [3.8, 4) is 10.6 Å². The zero-order chi connectivity index (χ0) is 35.4. The fourth-order valence-corrected chi connectivity index (χ4v) is 9.09. The van der Waals surface area contributed by atoms with Gasteiger partial charge in [0.05, 0.1) is 34.7 Å². The smallest absolute Gasteiger partial charge is 0.270 e. The van der Waals surface area contributed by atoms with Crippen molar-refractivity contribution in [2.24, 2.45) is 5.92 Å². The van der Waals surface area contributed by atoms with Crippen LogP contribution in [0.1, 0.15) is 36.3 Å². The number of pyridine rings is 2. The highest BCUT2D eigenvalue weighted by Gasteiger charge is 2.46. The molecule has 2 aromatic carbocycles. The number of amides is 3. The number of nitrogens with zero attached hydrogens (tertiary/aromatic N) is 4. The first kappa shape index (κ1) is 35.0. The Morgan fingerprint density at radius 2 is 1.70 bits per heavy atom. The molecule has 4 heterocycles. The average molecular weight is 712 g/mol. The fraction of sp³-hybridized carbons (Fsp3) is 0.270. The third-order valence-electron chi connectivity index (χ3n) is 8.44. The van der Waals surface area contributed by atoms with Crippen LogP contribution in [0.25, 0.3) is 21.5 Å². The summed E-state index contributed by atoms with van der Waals surface area (Å²) >= 11 is 1.08. The Balaban J connectivity index is 1.25. The Morgan fingerprint density at radius 1 is 0.960 bits per heavy atom. The lowest BCUT2D eigenvalue weighted by atomic mass is 9.99. The van der Waals surface area contributed by atoms with E-state index in [1.54, 1.807) is 60.8 Å². The number of carbonyl (C=O) groups excluding carboxylic acids is 3. The molecule has 6 rings (SSSR count). The summed E-state index contributed by atoms with van der Waals surface area (Å²) < 4.78 is 29.4. The molecule has 0 bridgehead atoms. The molecule has 1 saturated heterocycles. The minimum absolute atomic E-state index is 0.0742. The van der Waals surface area contributed by atoms with E-state index in [0.717, 1.165) is 27.2 Å². The monoisotopic (exact) mass is 711 g/mol. The van der Waals surface area contributed by atoms with E-state index in [9.17, 15) is 27.9 Å². The van der Waals surface area contributed by atoms with Crippen molar-refractivity contribution in [2.45, 2.75) is 49.1 Å². The molecule has 0 aliphatic carbocycles. The van der Waals surface area contributed by atoms with Crippen LogP contribution in [0.5, 0.6) is 0 Å². The van der Waals surface area contributed by atoms with Crippen LogP contribution in [0.2, 0.25) is 0 Å². The number of rotatable bonds is 13. The van der Waals surface area contributed by atoms with Gasteiger partial charge in [-0.3, -0.25) is 24.3 Å². The van der Waals surface area contributed by atoms with Crippen LogP contribution in [0.3, 0.4) is 0 Å². The number of thiophene rings is 1. The lowest BCUT2D eigenvalue weighted by Gasteiger charge is -2.34. The molecule has 258 valence electrons. The topological polar surface area (TPSA) is 150 Å². The molecule has 3 aromatic heterocycles. The van der Waals surface area contributed by atoms with Gasteiger partial charge in [-0.25, -0.2) is 13.4 Å². The minimum Gasteiger partial charge on any atom is -0.390 e. The molecule has 1 aliphatic heterocycles. The minimum atomic E-state index is -4.10. The van der Waals surface area contributed by atoms with Gasteiger partial charge in [-0.2, -0.15) is 4.31 Å². The number of hydrogen-bond donors (Lipinski definition) is 2. The van der Waals surface area contributed by atoms with Crippen molar-refractivity contribution in [1.82, 2.24) is 24.5 Å². The van der Waals surface area contributed by atoms with E-state index in [0.29, 0.717) is 16.1 Å². The molecule has 3 amide bonds. The van der Waals surface area contributed by atoms with Crippen LogP contribution < -0.4 is 5.32 Å². The highest BCUT2D eigenvalue weighted by Crippen LogP contribution is 2.32. The zero-order valence-corrected chi connectivity index (χ0v) is 29.2. The van der Waals surface area contributed by atoms with Crippen molar-refractivity contribution in [3.63, 3.8) is 0 Å². The fourth-order valence-electron chi connectivity index (χ4n) is 6.03. The first-order valence-corrected chi connectivity index (χ1v) is 18.5. The molecule has 0 radical (unpaired) electrons. The van der Waals surface area contributed by atoms with Gasteiger partial charge < -0.3 is 10.4 Å². The second-order valence-electron chi connectivity index (χ2n) is 12.6. The van der Waals surface area contributed by atoms with Crippen LogP contribution in [0, 0.1) is 5.92 Å². The predicted molar refractivity (Wildman–Crippen MR) is 191 cm³/mol. The number of sulfonamides is 1. The number of benzene rings is 2. The van der Waals surface area contributed by atoms with Crippen LogP contribution >= 0.6 is 11.3 Å². The molecular formula is C37H37N5O6S2. The quantitative estimate of drug-likeness (QED) is 0.169. The summed E-state index contributed by atoms with van der Waals surface area (Å²) in [4.78, 5) is 51.0. The molecule has 1 aliphatic rings. The van der Waals surface area contributed by atoms with E-state index < -0.39 is 45.9 Å². The molecular weight excluding hydrogens is 675 g/mol. The van der Waals surface area contributed by atoms with Crippen molar-refractivity contribution < 1.29 is 27.9 Å². The summed E-state index contributed by atoms with van der Waals surface area (Å²) in [6, 6.07) is 26.0. The summed E-state index contributed by atoms with van der Waals surface area (Å²) in [5, 5.41) is 15.3. The lowest BCUT2D eigenvalue weighted by Crippen LogP contribution is -2.54. The van der Waals surface area contributed by atoms with E-state index in [2.05, 4.69) is 15.3 Å². The van der Waals surface area contributed by atoms with Crippen molar-refractivity contribution in [1.29, 1.82) is 0 Å². The maximum absolute atomic E-state index is 14.1. The Morgan fingerprint density at radius 3 is 2.44 bits per heavy atom. The largest absolute Gasteiger partial charge is 0.390 e. The van der Waals surface area contributed by atoms with E-state index in [4.69, 9.17) is 0 Å². The van der Waals surface area contributed by atoms with Gasteiger partial charge >= 0.3 is 0 Å². The normalized spacial score (nSPS) is 16.3. The van der Waals surface area contributed by atoms with Gasteiger partial charge in [-0.15, -0.1) is 11.3 Å². The number of carbonyl (C=O) groups is 3. The first-order chi connectivity index (χ1) is 24.0. The van der Waals surface area contributed by atoms with Gasteiger partial charge in [-0.1, -0.05) is 74.5 Å². The predicted octanol–water partition coefficient (Wildman–Crippen LogP) is 4.53. The third kappa shape index (κ3) is 7.65. The van der Waals surface area contributed by atoms with E-state index in [-0.39, 0.29) is 41.8 Å². The molecule has 0 saturated carbocycles. The van der Waals surface area contributed by atoms with Gasteiger partial charge in [0, 0.05) is 24.7 Å². The summed E-state index contributed by atoms with van der Waals surface area (Å²) in [6.45, 7) is 3.46. The molecule has 2 N–H and O–H groups in total. The number of aliphatic hydroxyl groups is 1. The highest BCUT2D eigenvalue weighted by atomic mass is 32.2. The Hall–Kier alpha value is -4.82. The van der Waals surface area contributed by atoms with Crippen LogP contribution in [-0.2, 0) is 26.0 Å². The van der Waals surface area contributed by atoms with Crippen molar-refractivity contribution >= 4 is 50.0 Å². The van der Waals surface area contributed by atoms with Gasteiger partial charge in [0.25, 0.3) is 21.8 Å². The number of aliphatic hydroxyl groups excluding tert-OH is 1. The Labute approximate surface area is 294 Å². The van der Waals surface area contributed by atoms with E-state index in [1.165, 1.54) is 10.4 Å². The highest BCUT2D eigenvalue weighted by molar-refractivity contribution is 7.91. The summed E-state index contributed by atoms with van der Waals surface area (Å²) in [5.41, 5.74) is 2.08. The lowest BCUT2D eigenvalue weighted by molar-refractivity contribution is -0.144. The standard InChI is InChI=1S/C37H37N5O6S2/c1-24(2)22-41(50(47,48)35-18-17-33(49-35)28-14-8-9-19-38-28)23-32(43)31(20-25-10-4-3-5-11-25)42-34(44)21-30(37(42)46)40-36(45)29-16-15-26-12-6-7-13-27(26)39-29/h3-19,24,30-32,43H,20-23H2,1-2H3,(H,40,45)/t30-,31?,32?/m0/s1. The van der Waals surface area contributed by atoms with Crippen molar-refractivity contribution in [2.75, 3.05) is 13.1 Å². The van der Waals surface area contributed by atoms with Gasteiger partial charge in [0.1, 0.15) is 15.9 Å². The molecule has 1 fully saturated rings. The summed E-state index contributed by atoms with van der Waals surface area (Å²) in [7, 11) is -4.10. The SMILES string of the molecule is CC(C)CN(CC(O)C(Cc1ccccc1)N1C(=O)C[C@H](NC(=O)c2ccc3ccccc3n2)C1=O)S(=O)(=O)c1ccc(-c2ccccn2)s1. The van der Waals surface area contributed by atoms with Crippen molar-refractivity contribution in [3.05, 3.63) is 115 Å². The van der Waals surface area contributed by atoms with E-state index in [1.807, 2.05) is 50.2 Å². The first-order valence-electron chi connectivity index (χ1n) is 16.3. The number of imide groups is 1. The molecule has 11 nitrogen and oxygen atoms in total. The van der Waals surface area contributed by atoms with Crippen LogP contribution in [-0.4, -0.2) is 81.7 Å². The van der Waals surface area contributed by atoms with Crippen LogP contribution in [0.4, 0.5) is 0 Å². The number of likely N-dealkylation sites (tertiary alicyclic amines) is 1. The average Bonchev–Trinajstić information content (AvgIpc) is 3.72. The maximum atomic E-state index is 14.1. The van der Waals surface area contributed by atoms with E-state index >= 15 is 0 Å². The number of aromatic nitrogens is 2. The zero-order valence-electron chi connectivity index (χ0n) is 27.5. The third-order valence-corrected chi connectivity index (χ3v) is 11.8.